The number of aldehydes is 1. The van der Waals surface area contributed by atoms with Crippen LogP contribution in [0.2, 0.25) is 0 Å². The molecule has 4 nitrogen and oxygen atoms in total. The molecule has 0 heterocycles. The second kappa shape index (κ2) is 15.3. The molecule has 0 atom stereocenters. The smallest absolute Gasteiger partial charge is 0.240 e. The summed E-state index contributed by atoms with van der Waals surface area (Å²) in [5.74, 6) is -0.183. The molecule has 1 amide bonds. The van der Waals surface area contributed by atoms with E-state index in [0.717, 1.165) is 17.4 Å². The first-order valence-corrected chi connectivity index (χ1v) is 5.41. The number of amides is 1. The van der Waals surface area contributed by atoms with E-state index in [-0.39, 0.29) is 13.3 Å². The lowest BCUT2D eigenvalue weighted by Gasteiger charge is -1.90. The Morgan fingerprint density at radius 1 is 1.33 bits per heavy atom. The first-order chi connectivity index (χ1) is 8.10. The van der Waals surface area contributed by atoms with Gasteiger partial charge >= 0.3 is 0 Å². The predicted octanol–water partition coefficient (Wildman–Crippen LogP) is 3.15. The topological polar surface area (TPSA) is 55.4 Å². The van der Waals surface area contributed by atoms with Crippen LogP contribution in [0.5, 0.6) is 0 Å². The van der Waals surface area contributed by atoms with Crippen LogP contribution in [-0.4, -0.2) is 19.3 Å². The van der Waals surface area contributed by atoms with Crippen LogP contribution < -0.4 is 5.48 Å². The molecule has 0 fully saturated rings. The largest absolute Gasteiger partial charge is 0.298 e. The van der Waals surface area contributed by atoms with Gasteiger partial charge in [0.25, 0.3) is 0 Å². The lowest BCUT2D eigenvalue weighted by molar-refractivity contribution is -0.128. The third kappa shape index (κ3) is 14.3. The molecule has 0 saturated carbocycles. The van der Waals surface area contributed by atoms with E-state index < -0.39 is 0 Å². The van der Waals surface area contributed by atoms with Crippen molar-refractivity contribution >= 4 is 12.2 Å². The maximum absolute atomic E-state index is 10.2. The Bertz CT molecular complexity index is 325. The molecule has 1 aromatic carbocycles. The first kappa shape index (κ1) is 21.6. The molecule has 4 heteroatoms. The molecule has 104 valence electrons. The molecule has 0 aromatic heterocycles. The van der Waals surface area contributed by atoms with E-state index >= 15 is 0 Å². The second-order valence-corrected chi connectivity index (χ2v) is 2.89. The summed E-state index contributed by atoms with van der Waals surface area (Å²) in [6.45, 7) is 7.34. The van der Waals surface area contributed by atoms with E-state index in [9.17, 15) is 9.59 Å². The summed E-state index contributed by atoms with van der Waals surface area (Å²) in [5, 5.41) is 0. The molecular formula is C14H25NO3. The number of hydroxylamine groups is 1. The second-order valence-electron chi connectivity index (χ2n) is 2.89. The molecule has 0 radical (unpaired) electrons. The average Bonchev–Trinajstić information content (AvgIpc) is 2.32. The van der Waals surface area contributed by atoms with Gasteiger partial charge in [-0.25, -0.2) is 5.48 Å². The van der Waals surface area contributed by atoms with Crippen molar-refractivity contribution in [1.29, 1.82) is 0 Å². The van der Waals surface area contributed by atoms with Gasteiger partial charge in [-0.3, -0.25) is 14.4 Å². The van der Waals surface area contributed by atoms with E-state index in [2.05, 4.69) is 10.3 Å². The molecule has 0 bridgehead atoms. The van der Waals surface area contributed by atoms with Gasteiger partial charge in [0.15, 0.2) is 0 Å². The Labute approximate surface area is 110 Å². The molecule has 1 aromatic rings. The molecular weight excluding hydrogens is 230 g/mol. The summed E-state index contributed by atoms with van der Waals surface area (Å²) in [6, 6.07) is 7.49. The van der Waals surface area contributed by atoms with Crippen molar-refractivity contribution < 1.29 is 14.4 Å². The Balaban J connectivity index is -0.000000222. The molecule has 0 aliphatic rings. The van der Waals surface area contributed by atoms with Gasteiger partial charge in [-0.1, -0.05) is 45.0 Å². The maximum atomic E-state index is 10.2. The maximum Gasteiger partial charge on any atom is 0.240 e. The van der Waals surface area contributed by atoms with E-state index in [4.69, 9.17) is 0 Å². The van der Waals surface area contributed by atoms with Gasteiger partial charge in [-0.2, -0.15) is 0 Å². The third-order valence-corrected chi connectivity index (χ3v) is 1.42. The van der Waals surface area contributed by atoms with Crippen LogP contribution in [0.3, 0.4) is 0 Å². The monoisotopic (exact) mass is 255 g/mol. The van der Waals surface area contributed by atoms with Crippen LogP contribution in [-0.2, 0) is 9.63 Å². The highest BCUT2D eigenvalue weighted by Gasteiger charge is 1.86. The minimum Gasteiger partial charge on any atom is -0.298 e. The Hall–Kier alpha value is -1.68. The molecule has 0 unspecified atom stereocenters. The predicted molar refractivity (Wildman–Crippen MR) is 75.5 cm³/mol. The Kier molecular flexibility index (Phi) is 18.4. The molecule has 0 aliphatic carbocycles. The summed E-state index contributed by atoms with van der Waals surface area (Å²) in [4.78, 5) is 24.2. The van der Waals surface area contributed by atoms with Gasteiger partial charge in [-0.05, 0) is 13.0 Å². The Morgan fingerprint density at radius 2 is 1.89 bits per heavy atom. The fourth-order valence-electron chi connectivity index (χ4n) is 0.887. The highest BCUT2D eigenvalue weighted by atomic mass is 16.6. The van der Waals surface area contributed by atoms with Gasteiger partial charge in [0, 0.05) is 12.5 Å². The third-order valence-electron chi connectivity index (χ3n) is 1.42. The van der Waals surface area contributed by atoms with Gasteiger partial charge < -0.3 is 0 Å². The van der Waals surface area contributed by atoms with Gasteiger partial charge in [0.2, 0.25) is 5.91 Å². The average molecular weight is 255 g/mol. The number of aryl methyl sites for hydroxylation is 1. The van der Waals surface area contributed by atoms with Crippen LogP contribution in [0.15, 0.2) is 24.3 Å². The van der Waals surface area contributed by atoms with Crippen LogP contribution in [0.4, 0.5) is 0 Å². The zero-order chi connectivity index (χ0) is 13.7. The Morgan fingerprint density at radius 3 is 2.11 bits per heavy atom. The molecule has 18 heavy (non-hydrogen) atoms. The van der Waals surface area contributed by atoms with E-state index in [1.54, 1.807) is 6.07 Å². The van der Waals surface area contributed by atoms with Gasteiger partial charge in [0.05, 0.1) is 7.11 Å². The standard InChI is InChI=1S/C8H8O.C3H7NO2.C2H6.CH4/c1-7-3-2-4-8(5-7)6-9;1-3(5)4-6-2;1-2;/h2-6H,1H3;1-2H3,(H,4,5);1-2H3;1H4. The van der Waals surface area contributed by atoms with Crippen molar-refractivity contribution in [2.24, 2.45) is 0 Å². The van der Waals surface area contributed by atoms with Crippen molar-refractivity contribution in [1.82, 2.24) is 5.48 Å². The fourth-order valence-corrected chi connectivity index (χ4v) is 0.887. The van der Waals surface area contributed by atoms with E-state index in [1.165, 1.54) is 14.0 Å². The molecule has 0 aliphatic heterocycles. The number of hydrogen-bond donors (Lipinski definition) is 1. The van der Waals surface area contributed by atoms with Crippen molar-refractivity contribution in [2.45, 2.75) is 35.1 Å². The van der Waals surface area contributed by atoms with Crippen molar-refractivity contribution in [3.05, 3.63) is 35.4 Å². The number of carbonyl (C=O) groups excluding carboxylic acids is 2. The summed E-state index contributed by atoms with van der Waals surface area (Å²) < 4.78 is 0. The summed E-state index contributed by atoms with van der Waals surface area (Å²) in [7, 11) is 1.39. The number of carbonyl (C=O) groups is 2. The van der Waals surface area contributed by atoms with Crippen LogP contribution in [0, 0.1) is 6.92 Å². The summed E-state index contributed by atoms with van der Waals surface area (Å²) in [5.41, 5.74) is 3.94. The lowest BCUT2D eigenvalue weighted by Crippen LogP contribution is -2.17. The van der Waals surface area contributed by atoms with Crippen molar-refractivity contribution in [2.75, 3.05) is 7.11 Å². The van der Waals surface area contributed by atoms with Crippen molar-refractivity contribution in [3.8, 4) is 0 Å². The lowest BCUT2D eigenvalue weighted by atomic mass is 10.2. The highest BCUT2D eigenvalue weighted by molar-refractivity contribution is 5.74. The first-order valence-electron chi connectivity index (χ1n) is 5.41. The van der Waals surface area contributed by atoms with Gasteiger partial charge in [0.1, 0.15) is 6.29 Å². The molecule has 0 spiro atoms. The normalized spacial score (nSPS) is 7.39. The number of nitrogens with one attached hydrogen (secondary N) is 1. The highest BCUT2D eigenvalue weighted by Crippen LogP contribution is 1.99. The SMILES string of the molecule is C.CC.CONC(C)=O.Cc1cccc(C=O)c1. The van der Waals surface area contributed by atoms with Gasteiger partial charge in [-0.15, -0.1) is 0 Å². The van der Waals surface area contributed by atoms with E-state index in [0.29, 0.717) is 0 Å². The number of hydrogen-bond acceptors (Lipinski definition) is 3. The van der Waals surface area contributed by atoms with Crippen LogP contribution in [0.25, 0.3) is 0 Å². The summed E-state index contributed by atoms with van der Waals surface area (Å²) in [6.07, 6.45) is 0.854. The van der Waals surface area contributed by atoms with Crippen LogP contribution >= 0.6 is 0 Å². The number of benzene rings is 1. The molecule has 0 saturated heterocycles. The van der Waals surface area contributed by atoms with Crippen LogP contribution in [0.1, 0.15) is 44.1 Å². The molecule has 1 N–H and O–H groups in total. The van der Waals surface area contributed by atoms with Crippen molar-refractivity contribution in [3.63, 3.8) is 0 Å². The van der Waals surface area contributed by atoms with E-state index in [1.807, 2.05) is 39.0 Å². The zero-order valence-electron chi connectivity index (χ0n) is 11.1. The minimum atomic E-state index is -0.183. The summed E-state index contributed by atoms with van der Waals surface area (Å²) >= 11 is 0. The zero-order valence-corrected chi connectivity index (χ0v) is 11.1. The number of rotatable bonds is 2. The molecule has 1 rings (SSSR count). The quantitative estimate of drug-likeness (QED) is 0.652. The minimum absolute atomic E-state index is 0. The fraction of sp³-hybridized carbons (Fsp3) is 0.429.